The Morgan fingerprint density at radius 1 is 1.25 bits per heavy atom. The largest absolute Gasteiger partial charge is 0.435 e. The van der Waals surface area contributed by atoms with Crippen LogP contribution >= 0.6 is 0 Å². The van der Waals surface area contributed by atoms with Crippen LogP contribution in [0.4, 0.5) is 19.1 Å². The summed E-state index contributed by atoms with van der Waals surface area (Å²) in [6, 6.07) is 5.89. The molecule has 0 unspecified atom stereocenters. The second-order valence-corrected chi connectivity index (χ2v) is 6.37. The van der Waals surface area contributed by atoms with Gasteiger partial charge in [0.1, 0.15) is 0 Å². The highest BCUT2D eigenvalue weighted by molar-refractivity contribution is 5.31. The zero-order chi connectivity index (χ0) is 20.3. The van der Waals surface area contributed by atoms with E-state index in [4.69, 9.17) is 0 Å². The van der Waals surface area contributed by atoms with Crippen molar-refractivity contribution in [1.29, 1.82) is 0 Å². The Kier molecular flexibility index (Phi) is 5.48. The lowest BCUT2D eigenvalue weighted by Gasteiger charge is -2.15. The highest BCUT2D eigenvalue weighted by Gasteiger charge is 2.34. The molecule has 0 aliphatic carbocycles. The molecule has 0 amide bonds. The third-order valence-electron chi connectivity index (χ3n) is 4.21. The minimum atomic E-state index is -4.49. The number of halogens is 3. The molecular formula is C18H19F3N6O. The first-order chi connectivity index (χ1) is 13.2. The van der Waals surface area contributed by atoms with Crippen molar-refractivity contribution in [2.24, 2.45) is 0 Å². The molecular weight excluding hydrogens is 373 g/mol. The number of aromatic amines is 1. The van der Waals surface area contributed by atoms with Crippen LogP contribution in [0, 0.1) is 6.92 Å². The van der Waals surface area contributed by atoms with E-state index in [1.54, 1.807) is 19.3 Å². The van der Waals surface area contributed by atoms with Crippen molar-refractivity contribution in [1.82, 2.24) is 24.7 Å². The van der Waals surface area contributed by atoms with Crippen molar-refractivity contribution >= 4 is 5.95 Å². The Balaban J connectivity index is 1.72. The van der Waals surface area contributed by atoms with Crippen LogP contribution in [-0.4, -0.2) is 24.7 Å². The molecule has 0 spiro atoms. The first-order valence-electron chi connectivity index (χ1n) is 8.61. The van der Waals surface area contributed by atoms with Crippen molar-refractivity contribution in [3.63, 3.8) is 0 Å². The molecule has 3 rings (SSSR count). The minimum absolute atomic E-state index is 0.121. The summed E-state index contributed by atoms with van der Waals surface area (Å²) in [5, 5.41) is 6.69. The average molecular weight is 392 g/mol. The molecule has 7 nitrogen and oxygen atoms in total. The fourth-order valence-electron chi connectivity index (χ4n) is 2.74. The van der Waals surface area contributed by atoms with Gasteiger partial charge in [0.2, 0.25) is 5.95 Å². The van der Waals surface area contributed by atoms with E-state index >= 15 is 0 Å². The molecule has 0 aromatic carbocycles. The van der Waals surface area contributed by atoms with Gasteiger partial charge in [-0.05, 0) is 37.6 Å². The zero-order valence-electron chi connectivity index (χ0n) is 15.3. The van der Waals surface area contributed by atoms with E-state index in [2.05, 4.69) is 25.4 Å². The van der Waals surface area contributed by atoms with Gasteiger partial charge in [-0.25, -0.2) is 4.98 Å². The highest BCUT2D eigenvalue weighted by atomic mass is 19.4. The second kappa shape index (κ2) is 7.83. The van der Waals surface area contributed by atoms with Gasteiger partial charge in [0.05, 0.1) is 11.7 Å². The van der Waals surface area contributed by atoms with E-state index in [1.165, 1.54) is 10.7 Å². The molecule has 3 aromatic heterocycles. The van der Waals surface area contributed by atoms with Gasteiger partial charge in [0.25, 0.3) is 5.56 Å². The molecule has 10 heteroatoms. The van der Waals surface area contributed by atoms with Gasteiger partial charge >= 0.3 is 6.18 Å². The zero-order valence-corrected chi connectivity index (χ0v) is 15.3. The van der Waals surface area contributed by atoms with Gasteiger partial charge < -0.3 is 5.32 Å². The summed E-state index contributed by atoms with van der Waals surface area (Å²) >= 11 is 0. The molecule has 28 heavy (non-hydrogen) atoms. The predicted octanol–water partition coefficient (Wildman–Crippen LogP) is 3.10. The standard InChI is InChI=1S/C18H19F3N6O/c1-11-9-15(18(19,20)21)26-27(11)8-5-14-10-16(28)25-17(24-14)23-12(2)13-3-6-22-7-4-13/h3-4,6-7,9-10,12H,5,8H2,1-2H3,(H2,23,24,25,28)/t12-/m1/s1. The van der Waals surface area contributed by atoms with E-state index in [1.807, 2.05) is 19.1 Å². The molecule has 0 fully saturated rings. The van der Waals surface area contributed by atoms with Crippen molar-refractivity contribution in [3.8, 4) is 0 Å². The molecule has 0 bridgehead atoms. The summed E-state index contributed by atoms with van der Waals surface area (Å²) in [6.07, 6.45) is -0.885. The molecule has 0 aliphatic heterocycles. The molecule has 1 atom stereocenters. The second-order valence-electron chi connectivity index (χ2n) is 6.37. The number of alkyl halides is 3. The topological polar surface area (TPSA) is 88.5 Å². The minimum Gasteiger partial charge on any atom is -0.349 e. The lowest BCUT2D eigenvalue weighted by Crippen LogP contribution is -2.17. The van der Waals surface area contributed by atoms with Crippen LogP contribution in [0.3, 0.4) is 0 Å². The monoisotopic (exact) mass is 392 g/mol. The third-order valence-corrected chi connectivity index (χ3v) is 4.21. The summed E-state index contributed by atoms with van der Waals surface area (Å²) in [7, 11) is 0. The molecule has 3 heterocycles. The smallest absolute Gasteiger partial charge is 0.349 e. The number of H-pyrrole nitrogens is 1. The van der Waals surface area contributed by atoms with Crippen molar-refractivity contribution < 1.29 is 13.2 Å². The maximum absolute atomic E-state index is 12.8. The maximum atomic E-state index is 12.8. The molecule has 148 valence electrons. The number of hydrogen-bond acceptors (Lipinski definition) is 5. The normalized spacial score (nSPS) is 12.8. The SMILES string of the molecule is Cc1cc(C(F)(F)F)nn1CCc1cc(=O)[nH]c(N[C@H](C)c2ccncc2)n1. The fourth-order valence-corrected chi connectivity index (χ4v) is 2.74. The third kappa shape index (κ3) is 4.76. The van der Waals surface area contributed by atoms with Gasteiger partial charge in [-0.3, -0.25) is 19.4 Å². The van der Waals surface area contributed by atoms with Crippen molar-refractivity contribution in [2.75, 3.05) is 5.32 Å². The van der Waals surface area contributed by atoms with Crippen LogP contribution in [0.25, 0.3) is 0 Å². The Morgan fingerprint density at radius 3 is 2.61 bits per heavy atom. The summed E-state index contributed by atoms with van der Waals surface area (Å²) < 4.78 is 39.6. The maximum Gasteiger partial charge on any atom is 0.435 e. The Bertz CT molecular complexity index is 997. The predicted molar refractivity (Wildman–Crippen MR) is 96.8 cm³/mol. The first kappa shape index (κ1) is 19.6. The number of aryl methyl sites for hydroxylation is 3. The van der Waals surface area contributed by atoms with Crippen molar-refractivity contribution in [3.05, 3.63) is 69.7 Å². The van der Waals surface area contributed by atoms with E-state index in [9.17, 15) is 18.0 Å². The van der Waals surface area contributed by atoms with Gasteiger partial charge in [-0.2, -0.15) is 18.3 Å². The van der Waals surface area contributed by atoms with E-state index < -0.39 is 11.9 Å². The quantitative estimate of drug-likeness (QED) is 0.673. The highest BCUT2D eigenvalue weighted by Crippen LogP contribution is 2.28. The van der Waals surface area contributed by atoms with Gasteiger partial charge in [0, 0.05) is 37.1 Å². The van der Waals surface area contributed by atoms with Gasteiger partial charge in [-0.1, -0.05) is 0 Å². The van der Waals surface area contributed by atoms with Gasteiger partial charge in [-0.15, -0.1) is 0 Å². The Hall–Kier alpha value is -3.17. The molecule has 3 aromatic rings. The van der Waals surface area contributed by atoms with Gasteiger partial charge in [0.15, 0.2) is 5.69 Å². The van der Waals surface area contributed by atoms with Crippen LogP contribution < -0.4 is 10.9 Å². The summed E-state index contributed by atoms with van der Waals surface area (Å²) in [4.78, 5) is 22.9. The fraction of sp³-hybridized carbons (Fsp3) is 0.333. The van der Waals surface area contributed by atoms with E-state index in [-0.39, 0.29) is 24.6 Å². The van der Waals surface area contributed by atoms with E-state index in [0.717, 1.165) is 11.6 Å². The van der Waals surface area contributed by atoms with E-state index in [0.29, 0.717) is 17.3 Å². The molecule has 0 saturated heterocycles. The molecule has 0 saturated carbocycles. The number of pyridine rings is 1. The first-order valence-corrected chi connectivity index (χ1v) is 8.61. The van der Waals surface area contributed by atoms with Crippen LogP contribution in [0.15, 0.2) is 41.5 Å². The Labute approximate surface area is 158 Å². The molecule has 0 radical (unpaired) electrons. The number of nitrogens with one attached hydrogen (secondary N) is 2. The number of anilines is 1. The lowest BCUT2D eigenvalue weighted by atomic mass is 10.1. The summed E-state index contributed by atoms with van der Waals surface area (Å²) in [5.74, 6) is 0.292. The number of rotatable bonds is 6. The summed E-state index contributed by atoms with van der Waals surface area (Å²) in [6.45, 7) is 3.64. The average Bonchev–Trinajstić information content (AvgIpc) is 3.01. The number of nitrogens with zero attached hydrogens (tertiary/aromatic N) is 4. The van der Waals surface area contributed by atoms with Crippen LogP contribution in [0.2, 0.25) is 0 Å². The van der Waals surface area contributed by atoms with Crippen LogP contribution in [-0.2, 0) is 19.1 Å². The van der Waals surface area contributed by atoms with Crippen molar-refractivity contribution in [2.45, 2.75) is 39.0 Å². The number of aromatic nitrogens is 5. The van der Waals surface area contributed by atoms with Crippen LogP contribution in [0.1, 0.15) is 35.6 Å². The molecule has 2 N–H and O–H groups in total. The lowest BCUT2D eigenvalue weighted by molar-refractivity contribution is -0.141. The Morgan fingerprint density at radius 2 is 1.96 bits per heavy atom. The summed E-state index contributed by atoms with van der Waals surface area (Å²) in [5.41, 5.74) is 0.536. The van der Waals surface area contributed by atoms with Crippen LogP contribution in [0.5, 0.6) is 0 Å². The molecule has 0 aliphatic rings. The number of hydrogen-bond donors (Lipinski definition) is 2.